The number of hydrogen-bond donors (Lipinski definition) is 0. The van der Waals surface area contributed by atoms with E-state index in [9.17, 15) is 0 Å². The summed E-state index contributed by atoms with van der Waals surface area (Å²) < 4.78 is 0. The maximum Gasteiger partial charge on any atom is 0.156 e. The molecule has 1 nitrogen and oxygen atoms in total. The van der Waals surface area contributed by atoms with Gasteiger partial charge in [-0.1, -0.05) is 0 Å². The molecule has 0 aromatic carbocycles. The molecular weight excluding hydrogens is 134 g/mol. The van der Waals surface area contributed by atoms with Crippen LogP contribution >= 0.6 is 0 Å². The van der Waals surface area contributed by atoms with E-state index in [0.717, 1.165) is 6.54 Å². The van der Waals surface area contributed by atoms with Crippen molar-refractivity contribution in [3.8, 4) is 0 Å². The van der Waals surface area contributed by atoms with Crippen LogP contribution in [0.5, 0.6) is 0 Å². The Morgan fingerprint density at radius 2 is 2.33 bits per heavy atom. The second-order valence-corrected chi connectivity index (χ2v) is 1.90. The molecule has 0 unspecified atom stereocenters. The van der Waals surface area contributed by atoms with E-state index in [1.54, 1.807) is 0 Å². The van der Waals surface area contributed by atoms with Crippen molar-refractivity contribution < 1.29 is 12.4 Å². The van der Waals surface area contributed by atoms with Crippen molar-refractivity contribution in [2.75, 3.05) is 6.54 Å². The summed E-state index contributed by atoms with van der Waals surface area (Å²) in [5.74, 6) is 0. The van der Waals surface area contributed by atoms with Gasteiger partial charge in [0.1, 0.15) is 17.8 Å². The maximum absolute atomic E-state index is 3.14. The zero-order chi connectivity index (χ0) is 5.98. The van der Waals surface area contributed by atoms with Crippen LogP contribution in [0.1, 0.15) is 13.8 Å². The summed E-state index contributed by atoms with van der Waals surface area (Å²) >= 11 is 0. The first kappa shape index (κ1) is 8.48. The van der Waals surface area contributed by atoms with E-state index in [2.05, 4.69) is 19.2 Å². The van der Waals surface area contributed by atoms with E-state index in [0.29, 0.717) is 0 Å². The SMILES string of the molecule is CCN1[C+]=C(C)C=C1.[Cl-]. The highest BCUT2D eigenvalue weighted by Crippen LogP contribution is 2.06. The molecule has 1 aliphatic heterocycles. The fourth-order valence-corrected chi connectivity index (χ4v) is 0.687. The molecule has 0 aromatic rings. The van der Waals surface area contributed by atoms with E-state index in [1.807, 2.05) is 18.0 Å². The Hall–Kier alpha value is -0.520. The fraction of sp³-hybridized carbons (Fsp3) is 0.429. The summed E-state index contributed by atoms with van der Waals surface area (Å²) in [7, 11) is 0. The molecule has 1 rings (SSSR count). The lowest BCUT2D eigenvalue weighted by atomic mass is 10.4. The second kappa shape index (κ2) is 3.49. The summed E-state index contributed by atoms with van der Waals surface area (Å²) in [6.45, 7) is 5.18. The average molecular weight is 144 g/mol. The number of rotatable bonds is 1. The third-order valence-electron chi connectivity index (χ3n) is 1.17. The lowest BCUT2D eigenvalue weighted by Gasteiger charge is -1.93. The van der Waals surface area contributed by atoms with Crippen LogP contribution < -0.4 is 12.4 Å². The lowest BCUT2D eigenvalue weighted by molar-refractivity contribution is -0.00000179. The van der Waals surface area contributed by atoms with Crippen LogP contribution in [0.2, 0.25) is 0 Å². The normalized spacial score (nSPS) is 14.4. The summed E-state index contributed by atoms with van der Waals surface area (Å²) in [6, 6.07) is 0. The Labute approximate surface area is 62.5 Å². The molecule has 0 amide bonds. The first-order chi connectivity index (χ1) is 3.83. The molecule has 0 bridgehead atoms. The van der Waals surface area contributed by atoms with Gasteiger partial charge in [-0.05, 0) is 13.8 Å². The molecule has 1 heterocycles. The molecule has 0 atom stereocenters. The molecule has 0 saturated carbocycles. The highest BCUT2D eigenvalue weighted by Gasteiger charge is 2.09. The Morgan fingerprint density at radius 1 is 1.67 bits per heavy atom. The predicted molar refractivity (Wildman–Crippen MR) is 33.9 cm³/mol. The summed E-state index contributed by atoms with van der Waals surface area (Å²) in [5.41, 5.74) is 1.21. The van der Waals surface area contributed by atoms with Crippen molar-refractivity contribution in [3.63, 3.8) is 0 Å². The summed E-state index contributed by atoms with van der Waals surface area (Å²) in [6.07, 6.45) is 7.24. The quantitative estimate of drug-likeness (QED) is 0.406. The van der Waals surface area contributed by atoms with Crippen LogP contribution in [0.25, 0.3) is 0 Å². The van der Waals surface area contributed by atoms with Crippen LogP contribution in [0.4, 0.5) is 0 Å². The van der Waals surface area contributed by atoms with Gasteiger partial charge in [0.2, 0.25) is 0 Å². The summed E-state index contributed by atoms with van der Waals surface area (Å²) in [4.78, 5) is 2.04. The van der Waals surface area contributed by atoms with Crippen molar-refractivity contribution in [1.29, 1.82) is 0 Å². The Kier molecular flexibility index (Phi) is 3.29. The average Bonchev–Trinajstić information content (AvgIpc) is 2.14. The van der Waals surface area contributed by atoms with E-state index in [-0.39, 0.29) is 12.4 Å². The van der Waals surface area contributed by atoms with Crippen molar-refractivity contribution in [1.82, 2.24) is 4.90 Å². The van der Waals surface area contributed by atoms with Gasteiger partial charge in [0, 0.05) is 0 Å². The van der Waals surface area contributed by atoms with Crippen molar-refractivity contribution in [2.24, 2.45) is 0 Å². The minimum atomic E-state index is 0. The fourth-order valence-electron chi connectivity index (χ4n) is 0.687. The van der Waals surface area contributed by atoms with Gasteiger partial charge < -0.3 is 12.4 Å². The van der Waals surface area contributed by atoms with Gasteiger partial charge in [-0.25, -0.2) is 0 Å². The molecule has 1 aliphatic rings. The topological polar surface area (TPSA) is 3.24 Å². The van der Waals surface area contributed by atoms with Gasteiger partial charge in [0.15, 0.2) is 6.20 Å². The molecule has 0 spiro atoms. The molecule has 0 aromatic heterocycles. The highest BCUT2D eigenvalue weighted by atomic mass is 35.5. The van der Waals surface area contributed by atoms with Crippen LogP contribution in [-0.4, -0.2) is 11.4 Å². The van der Waals surface area contributed by atoms with Crippen LogP contribution in [-0.2, 0) is 0 Å². The zero-order valence-electron chi connectivity index (χ0n) is 5.69. The molecule has 0 fully saturated rings. The molecule has 0 N–H and O–H groups in total. The highest BCUT2D eigenvalue weighted by molar-refractivity contribution is 5.18. The van der Waals surface area contributed by atoms with Gasteiger partial charge in [0.05, 0.1) is 6.54 Å². The van der Waals surface area contributed by atoms with Crippen LogP contribution in [0, 0.1) is 6.20 Å². The Balaban J connectivity index is 0.000000640. The van der Waals surface area contributed by atoms with E-state index in [4.69, 9.17) is 0 Å². The number of hydrogen-bond acceptors (Lipinski definition) is 1. The smallest absolute Gasteiger partial charge is 0.156 e. The number of allylic oxidation sites excluding steroid dienone is 2. The minimum absolute atomic E-state index is 0. The molecular formula is C7H10ClN. The molecule has 0 aliphatic carbocycles. The monoisotopic (exact) mass is 143 g/mol. The lowest BCUT2D eigenvalue weighted by Crippen LogP contribution is -3.00. The second-order valence-electron chi connectivity index (χ2n) is 1.90. The third kappa shape index (κ3) is 2.05. The van der Waals surface area contributed by atoms with Crippen molar-refractivity contribution in [2.45, 2.75) is 13.8 Å². The van der Waals surface area contributed by atoms with E-state index >= 15 is 0 Å². The largest absolute Gasteiger partial charge is 1.00 e. The predicted octanol–water partition coefficient (Wildman–Crippen LogP) is -1.45. The van der Waals surface area contributed by atoms with Gasteiger partial charge in [-0.15, -0.1) is 0 Å². The maximum atomic E-state index is 3.14. The summed E-state index contributed by atoms with van der Waals surface area (Å²) in [5, 5.41) is 0. The number of nitrogens with zero attached hydrogens (tertiary/aromatic N) is 1. The molecule has 2 heteroatoms. The molecule has 0 saturated heterocycles. The Bertz CT molecular complexity index is 138. The minimum Gasteiger partial charge on any atom is -1.00 e. The van der Waals surface area contributed by atoms with Crippen molar-refractivity contribution in [3.05, 3.63) is 24.0 Å². The van der Waals surface area contributed by atoms with E-state index < -0.39 is 0 Å². The zero-order valence-corrected chi connectivity index (χ0v) is 6.44. The standard InChI is InChI=1S/C7H10N.ClH/c1-3-8-5-4-7(2)6-8;/h4-5H,3H2,1-2H3;1H/q+1;/p-1. The van der Waals surface area contributed by atoms with Gasteiger partial charge in [-0.3, -0.25) is 0 Å². The van der Waals surface area contributed by atoms with Crippen LogP contribution in [0.15, 0.2) is 17.8 Å². The Morgan fingerprint density at radius 3 is 2.56 bits per heavy atom. The molecule has 0 radical (unpaired) electrons. The van der Waals surface area contributed by atoms with Gasteiger partial charge in [0.25, 0.3) is 0 Å². The number of halogens is 1. The van der Waals surface area contributed by atoms with Crippen LogP contribution in [0.3, 0.4) is 0 Å². The van der Waals surface area contributed by atoms with Gasteiger partial charge in [-0.2, -0.15) is 4.90 Å². The van der Waals surface area contributed by atoms with Crippen molar-refractivity contribution >= 4 is 0 Å². The first-order valence-electron chi connectivity index (χ1n) is 2.88. The first-order valence-corrected chi connectivity index (χ1v) is 2.88. The third-order valence-corrected chi connectivity index (χ3v) is 1.17. The van der Waals surface area contributed by atoms with Gasteiger partial charge >= 0.3 is 0 Å². The molecule has 9 heavy (non-hydrogen) atoms. The molecule has 50 valence electrons. The van der Waals surface area contributed by atoms with E-state index in [1.165, 1.54) is 5.57 Å².